The van der Waals surface area contributed by atoms with Crippen molar-refractivity contribution in [1.82, 2.24) is 9.97 Å². The second kappa shape index (κ2) is 4.23. The van der Waals surface area contributed by atoms with Crippen molar-refractivity contribution in [3.63, 3.8) is 0 Å². The molecular weight excluding hydrogens is 199 g/mol. The van der Waals surface area contributed by atoms with Gasteiger partial charge in [-0.15, -0.1) is 0 Å². The van der Waals surface area contributed by atoms with Gasteiger partial charge < -0.3 is 10.8 Å². The Bertz CT molecular complexity index is 314. The topological polar surface area (TPSA) is 72.0 Å². The molecule has 1 heterocycles. The molecule has 0 unspecified atom stereocenters. The van der Waals surface area contributed by atoms with Gasteiger partial charge in [-0.25, -0.2) is 9.97 Å². The van der Waals surface area contributed by atoms with Gasteiger partial charge in [-0.05, 0) is 0 Å². The molecule has 0 saturated carbocycles. The zero-order valence-corrected chi connectivity index (χ0v) is 6.34. The van der Waals surface area contributed by atoms with E-state index in [0.717, 1.165) is 6.20 Å². The maximum atomic E-state index is 12.2. The van der Waals surface area contributed by atoms with Crippen LogP contribution >= 0.6 is 0 Å². The Labute approximate surface area is 78.6 Å². The molecule has 0 aliphatic rings. The Balaban J connectivity index is 0.00000169. The average Bonchev–Trinajstić information content (AvgIpc) is 2.03. The van der Waals surface area contributed by atoms with Gasteiger partial charge in [0.25, 0.3) is 0 Å². The lowest BCUT2D eigenvalue weighted by Gasteiger charge is -2.09. The van der Waals surface area contributed by atoms with Crippen molar-refractivity contribution in [2.75, 3.05) is 5.73 Å². The summed E-state index contributed by atoms with van der Waals surface area (Å²) >= 11 is 0. The summed E-state index contributed by atoms with van der Waals surface area (Å²) in [5, 5.41) is 8.55. The molecule has 0 bridgehead atoms. The molecule has 0 amide bonds. The summed E-state index contributed by atoms with van der Waals surface area (Å²) in [5.41, 5.74) is 3.40. The molecule has 14 heavy (non-hydrogen) atoms. The molecule has 0 aliphatic heterocycles. The molecule has 4 nitrogen and oxygen atoms in total. The number of hydrogen-bond donors (Lipinski definition) is 2. The highest BCUT2D eigenvalue weighted by Crippen LogP contribution is 2.30. The number of aliphatic hydroxyl groups is 1. The molecule has 1 rings (SSSR count). The van der Waals surface area contributed by atoms with Gasteiger partial charge in [-0.1, -0.05) is 7.43 Å². The van der Waals surface area contributed by atoms with Crippen LogP contribution in [0.4, 0.5) is 19.1 Å². The fourth-order valence-electron chi connectivity index (χ4n) is 0.782. The maximum absolute atomic E-state index is 12.2. The molecule has 0 spiro atoms. The van der Waals surface area contributed by atoms with Crippen LogP contribution in [0.1, 0.15) is 18.7 Å². The van der Waals surface area contributed by atoms with E-state index in [1.165, 1.54) is 0 Å². The quantitative estimate of drug-likeness (QED) is 0.729. The third-order valence-electron chi connectivity index (χ3n) is 1.32. The van der Waals surface area contributed by atoms with Gasteiger partial charge in [0, 0.05) is 11.8 Å². The van der Waals surface area contributed by atoms with Crippen LogP contribution in [-0.4, -0.2) is 15.1 Å². The molecule has 0 aliphatic carbocycles. The summed E-state index contributed by atoms with van der Waals surface area (Å²) in [6.45, 7) is -0.769. The van der Waals surface area contributed by atoms with Gasteiger partial charge in [-0.2, -0.15) is 13.2 Å². The van der Waals surface area contributed by atoms with Crippen molar-refractivity contribution in [3.8, 4) is 0 Å². The van der Waals surface area contributed by atoms with E-state index in [0.29, 0.717) is 0 Å². The lowest BCUT2D eigenvalue weighted by Crippen LogP contribution is -2.14. The van der Waals surface area contributed by atoms with E-state index in [-0.39, 0.29) is 13.0 Å². The Morgan fingerprint density at radius 3 is 2.43 bits per heavy atom. The molecule has 1 aromatic rings. The molecular formula is C7H10F3N3O. The molecule has 80 valence electrons. The number of aliphatic hydroxyl groups excluding tert-OH is 1. The van der Waals surface area contributed by atoms with Crippen LogP contribution in [0.3, 0.4) is 0 Å². The minimum absolute atomic E-state index is 0. The predicted octanol–water partition coefficient (Wildman–Crippen LogP) is 1.21. The predicted molar refractivity (Wildman–Crippen MR) is 44.1 cm³/mol. The highest BCUT2D eigenvalue weighted by atomic mass is 19.4. The summed E-state index contributed by atoms with van der Waals surface area (Å²) in [4.78, 5) is 6.33. The first-order chi connectivity index (χ1) is 5.95. The van der Waals surface area contributed by atoms with Gasteiger partial charge in [0.05, 0.1) is 6.61 Å². The number of alkyl halides is 3. The number of nitrogens with zero attached hydrogens (tertiary/aromatic N) is 2. The maximum Gasteiger partial charge on any atom is 0.433 e. The minimum Gasteiger partial charge on any atom is -0.392 e. The number of anilines is 1. The lowest BCUT2D eigenvalue weighted by atomic mass is 10.2. The SMILES string of the molecule is C.Nc1ncc(CO)c(C(F)(F)F)n1. The van der Waals surface area contributed by atoms with Crippen molar-refractivity contribution < 1.29 is 18.3 Å². The van der Waals surface area contributed by atoms with Crippen LogP contribution in [0.15, 0.2) is 6.20 Å². The molecule has 0 saturated heterocycles. The van der Waals surface area contributed by atoms with Gasteiger partial charge in [0.1, 0.15) is 0 Å². The van der Waals surface area contributed by atoms with Crippen molar-refractivity contribution in [2.45, 2.75) is 20.2 Å². The summed E-state index contributed by atoms with van der Waals surface area (Å²) < 4.78 is 36.5. The highest BCUT2D eigenvalue weighted by molar-refractivity contribution is 5.26. The second-order valence-corrected chi connectivity index (χ2v) is 2.26. The van der Waals surface area contributed by atoms with Crippen LogP contribution < -0.4 is 5.73 Å². The van der Waals surface area contributed by atoms with Gasteiger partial charge in [0.2, 0.25) is 5.95 Å². The van der Waals surface area contributed by atoms with E-state index in [2.05, 4.69) is 9.97 Å². The first-order valence-electron chi connectivity index (χ1n) is 3.24. The number of nitrogens with two attached hydrogens (primary N) is 1. The number of aromatic nitrogens is 2. The third-order valence-corrected chi connectivity index (χ3v) is 1.32. The lowest BCUT2D eigenvalue weighted by molar-refractivity contribution is -0.142. The van der Waals surface area contributed by atoms with Crippen LogP contribution in [-0.2, 0) is 12.8 Å². The van der Waals surface area contributed by atoms with E-state index < -0.39 is 24.4 Å². The molecule has 3 N–H and O–H groups in total. The minimum atomic E-state index is -4.62. The first-order valence-corrected chi connectivity index (χ1v) is 3.24. The van der Waals surface area contributed by atoms with E-state index in [1.54, 1.807) is 0 Å². The van der Waals surface area contributed by atoms with Crippen molar-refractivity contribution in [1.29, 1.82) is 0 Å². The number of hydrogen-bond acceptors (Lipinski definition) is 4. The first kappa shape index (κ1) is 12.6. The third kappa shape index (κ3) is 2.56. The summed E-state index contributed by atoms with van der Waals surface area (Å²) in [6.07, 6.45) is -3.76. The zero-order chi connectivity index (χ0) is 10.1. The van der Waals surface area contributed by atoms with Crippen LogP contribution in [0.25, 0.3) is 0 Å². The monoisotopic (exact) mass is 209 g/mol. The standard InChI is InChI=1S/C6H6F3N3O.CH4/c7-6(8,9)4-3(2-13)1-11-5(10)12-4;/h1,13H,2H2,(H2,10,11,12);1H4. The molecule has 7 heteroatoms. The zero-order valence-electron chi connectivity index (χ0n) is 6.34. The van der Waals surface area contributed by atoms with E-state index >= 15 is 0 Å². The fourth-order valence-corrected chi connectivity index (χ4v) is 0.782. The van der Waals surface area contributed by atoms with Crippen molar-refractivity contribution in [3.05, 3.63) is 17.5 Å². The Kier molecular flexibility index (Phi) is 3.81. The van der Waals surface area contributed by atoms with Crippen LogP contribution in [0.2, 0.25) is 0 Å². The van der Waals surface area contributed by atoms with Crippen LogP contribution in [0.5, 0.6) is 0 Å². The smallest absolute Gasteiger partial charge is 0.392 e. The van der Waals surface area contributed by atoms with E-state index in [1.807, 2.05) is 0 Å². The normalized spacial score (nSPS) is 10.9. The Hall–Kier alpha value is -1.37. The van der Waals surface area contributed by atoms with E-state index in [4.69, 9.17) is 10.8 Å². The molecule has 0 radical (unpaired) electrons. The summed E-state index contributed by atoms with van der Waals surface area (Å²) in [7, 11) is 0. The molecule has 0 aromatic carbocycles. The van der Waals surface area contributed by atoms with Gasteiger partial charge >= 0.3 is 6.18 Å². The Morgan fingerprint density at radius 1 is 1.43 bits per heavy atom. The summed E-state index contributed by atoms with van der Waals surface area (Å²) in [6, 6.07) is 0. The average molecular weight is 209 g/mol. The van der Waals surface area contributed by atoms with Gasteiger partial charge in [-0.3, -0.25) is 0 Å². The van der Waals surface area contributed by atoms with Crippen molar-refractivity contribution in [2.24, 2.45) is 0 Å². The molecule has 0 atom stereocenters. The number of rotatable bonds is 1. The van der Waals surface area contributed by atoms with Crippen LogP contribution in [0, 0.1) is 0 Å². The van der Waals surface area contributed by atoms with E-state index in [9.17, 15) is 13.2 Å². The summed E-state index contributed by atoms with van der Waals surface area (Å²) in [5.74, 6) is -0.468. The molecule has 0 fully saturated rings. The Morgan fingerprint density at radius 2 is 2.00 bits per heavy atom. The van der Waals surface area contributed by atoms with Crippen molar-refractivity contribution >= 4 is 5.95 Å². The number of halogens is 3. The second-order valence-electron chi connectivity index (χ2n) is 2.26. The fraction of sp³-hybridized carbons (Fsp3) is 0.429. The highest BCUT2D eigenvalue weighted by Gasteiger charge is 2.35. The van der Waals surface area contributed by atoms with Gasteiger partial charge in [0.15, 0.2) is 5.69 Å². The number of nitrogen functional groups attached to an aromatic ring is 1. The molecule has 1 aromatic heterocycles. The largest absolute Gasteiger partial charge is 0.433 e.